The van der Waals surface area contributed by atoms with E-state index in [0.29, 0.717) is 25.4 Å². The molecule has 0 spiro atoms. The maximum Gasteiger partial charge on any atom is 0.326 e. The van der Waals surface area contributed by atoms with Crippen LogP contribution in [-0.2, 0) is 9.59 Å². The number of likely N-dealkylation sites (tertiary alicyclic amines) is 1. The largest absolute Gasteiger partial charge is 0.480 e. The van der Waals surface area contributed by atoms with Crippen LogP contribution in [0.1, 0.15) is 32.6 Å². The molecule has 2 rings (SSSR count). The lowest BCUT2D eigenvalue weighted by atomic mass is 9.90. The van der Waals surface area contributed by atoms with E-state index in [1.165, 1.54) is 0 Å². The fourth-order valence-electron chi connectivity index (χ4n) is 2.58. The van der Waals surface area contributed by atoms with Gasteiger partial charge in [-0.2, -0.15) is 0 Å². The number of amides is 1. The quantitative estimate of drug-likeness (QED) is 0.749. The van der Waals surface area contributed by atoms with Crippen molar-refractivity contribution in [3.05, 3.63) is 0 Å². The predicted molar refractivity (Wildman–Crippen MR) is 62.3 cm³/mol. The van der Waals surface area contributed by atoms with Gasteiger partial charge in [-0.15, -0.1) is 0 Å². The maximum atomic E-state index is 12.3. The Morgan fingerprint density at radius 3 is 2.59 bits per heavy atom. The summed E-state index contributed by atoms with van der Waals surface area (Å²) in [6.07, 6.45) is 3.05. The summed E-state index contributed by atoms with van der Waals surface area (Å²) in [6, 6.07) is -0.657. The third-order valence-corrected chi connectivity index (χ3v) is 4.11. The Labute approximate surface area is 101 Å². The number of carboxylic acid groups (broad SMARTS) is 1. The highest BCUT2D eigenvalue weighted by atomic mass is 16.4. The van der Waals surface area contributed by atoms with Gasteiger partial charge in [0.2, 0.25) is 5.91 Å². The second-order valence-corrected chi connectivity index (χ2v) is 5.47. The lowest BCUT2D eigenvalue weighted by molar-refractivity contribution is -0.155. The molecule has 2 unspecified atom stereocenters. The van der Waals surface area contributed by atoms with Crippen molar-refractivity contribution in [2.45, 2.75) is 38.6 Å². The zero-order valence-corrected chi connectivity index (χ0v) is 10.2. The minimum atomic E-state index is -0.891. The van der Waals surface area contributed by atoms with Gasteiger partial charge in [-0.25, -0.2) is 4.79 Å². The van der Waals surface area contributed by atoms with Gasteiger partial charge in [0.15, 0.2) is 0 Å². The second-order valence-electron chi connectivity index (χ2n) is 5.47. The van der Waals surface area contributed by atoms with E-state index in [4.69, 9.17) is 5.73 Å². The lowest BCUT2D eigenvalue weighted by Crippen LogP contribution is -2.53. The molecule has 0 radical (unpaired) electrons. The smallest absolute Gasteiger partial charge is 0.326 e. The molecule has 3 N–H and O–H groups in total. The molecule has 1 heterocycles. The Balaban J connectivity index is 2.13. The molecule has 0 bridgehead atoms. The highest BCUT2D eigenvalue weighted by molar-refractivity contribution is 5.89. The van der Waals surface area contributed by atoms with E-state index in [2.05, 4.69) is 0 Å². The van der Waals surface area contributed by atoms with E-state index in [0.717, 1.165) is 19.3 Å². The first-order valence-corrected chi connectivity index (χ1v) is 6.24. The average molecular weight is 240 g/mol. The molecule has 1 amide bonds. The Hall–Kier alpha value is -1.10. The highest BCUT2D eigenvalue weighted by Gasteiger charge is 2.52. The van der Waals surface area contributed by atoms with E-state index in [1.54, 1.807) is 4.90 Å². The van der Waals surface area contributed by atoms with Gasteiger partial charge in [0.05, 0.1) is 5.41 Å². The molecule has 1 aliphatic heterocycles. The normalized spacial score (nSPS) is 31.1. The van der Waals surface area contributed by atoms with Crippen LogP contribution in [0.15, 0.2) is 0 Å². The number of aliphatic carboxylic acids is 1. The number of carbonyl (C=O) groups excluding carboxylic acids is 1. The molecule has 0 aromatic rings. The monoisotopic (exact) mass is 240 g/mol. The Morgan fingerprint density at radius 1 is 1.47 bits per heavy atom. The molecular formula is C12H20N2O3. The van der Waals surface area contributed by atoms with Crippen molar-refractivity contribution in [1.29, 1.82) is 0 Å². The first-order chi connectivity index (χ1) is 8.00. The third kappa shape index (κ3) is 2.16. The predicted octanol–water partition coefficient (Wildman–Crippen LogP) is 0.437. The van der Waals surface area contributed by atoms with Crippen LogP contribution in [0.4, 0.5) is 0 Å². The van der Waals surface area contributed by atoms with E-state index in [9.17, 15) is 14.7 Å². The molecule has 2 fully saturated rings. The van der Waals surface area contributed by atoms with Gasteiger partial charge in [0, 0.05) is 13.1 Å². The van der Waals surface area contributed by atoms with E-state index < -0.39 is 17.4 Å². The Bertz CT molecular complexity index is 339. The molecule has 1 aliphatic carbocycles. The number of carbonyl (C=O) groups is 2. The molecule has 2 atom stereocenters. The van der Waals surface area contributed by atoms with Gasteiger partial charge in [0.25, 0.3) is 0 Å². The molecule has 0 aromatic heterocycles. The molecule has 0 aromatic carbocycles. The van der Waals surface area contributed by atoms with Crippen LogP contribution >= 0.6 is 0 Å². The topological polar surface area (TPSA) is 83.6 Å². The van der Waals surface area contributed by atoms with E-state index in [-0.39, 0.29) is 5.91 Å². The van der Waals surface area contributed by atoms with Gasteiger partial charge in [-0.05, 0) is 31.6 Å². The van der Waals surface area contributed by atoms with Crippen molar-refractivity contribution in [3.63, 3.8) is 0 Å². The third-order valence-electron chi connectivity index (χ3n) is 4.11. The summed E-state index contributed by atoms with van der Waals surface area (Å²) in [6.45, 7) is 2.93. The fourth-order valence-corrected chi connectivity index (χ4v) is 2.58. The van der Waals surface area contributed by atoms with Crippen LogP contribution in [-0.4, -0.2) is 41.0 Å². The van der Waals surface area contributed by atoms with Crippen molar-refractivity contribution in [2.75, 3.05) is 13.1 Å². The van der Waals surface area contributed by atoms with Gasteiger partial charge in [0.1, 0.15) is 6.04 Å². The van der Waals surface area contributed by atoms with Gasteiger partial charge in [-0.1, -0.05) is 6.92 Å². The number of carboxylic acids is 1. The summed E-state index contributed by atoms with van der Waals surface area (Å²) in [7, 11) is 0. The minimum absolute atomic E-state index is 0.0423. The standard InChI is InChI=1S/C12H20N2O3/c1-8-2-5-14(9(6-8)10(15)16)11(17)12(7-13)3-4-12/h8-9H,2-7,13H2,1H3,(H,15,16). The molecule has 96 valence electrons. The first kappa shape index (κ1) is 12.4. The zero-order valence-electron chi connectivity index (χ0n) is 10.2. The van der Waals surface area contributed by atoms with Crippen LogP contribution in [0.5, 0.6) is 0 Å². The summed E-state index contributed by atoms with van der Waals surface area (Å²) in [4.78, 5) is 25.1. The molecule has 1 saturated carbocycles. The fraction of sp³-hybridized carbons (Fsp3) is 0.833. The Morgan fingerprint density at radius 2 is 2.12 bits per heavy atom. The van der Waals surface area contributed by atoms with Crippen LogP contribution in [0.3, 0.4) is 0 Å². The summed E-state index contributed by atoms with van der Waals surface area (Å²) in [5.74, 6) is -0.565. The molecular weight excluding hydrogens is 220 g/mol. The summed E-state index contributed by atoms with van der Waals surface area (Å²) in [5.41, 5.74) is 5.19. The first-order valence-electron chi connectivity index (χ1n) is 6.24. The number of piperidine rings is 1. The zero-order chi connectivity index (χ0) is 12.6. The SMILES string of the molecule is CC1CCN(C(=O)C2(CN)CC2)C(C(=O)O)C1. The summed E-state index contributed by atoms with van der Waals surface area (Å²) in [5, 5.41) is 9.21. The minimum Gasteiger partial charge on any atom is -0.480 e. The number of hydrogen-bond acceptors (Lipinski definition) is 3. The van der Waals surface area contributed by atoms with Crippen LogP contribution in [0.2, 0.25) is 0 Å². The number of nitrogens with zero attached hydrogens (tertiary/aromatic N) is 1. The Kier molecular flexibility index (Phi) is 3.12. The molecule has 17 heavy (non-hydrogen) atoms. The van der Waals surface area contributed by atoms with Gasteiger partial charge in [-0.3, -0.25) is 4.79 Å². The van der Waals surface area contributed by atoms with Crippen molar-refractivity contribution >= 4 is 11.9 Å². The summed E-state index contributed by atoms with van der Waals surface area (Å²) < 4.78 is 0. The van der Waals surface area contributed by atoms with E-state index >= 15 is 0 Å². The number of nitrogens with two attached hydrogens (primary N) is 1. The average Bonchev–Trinajstić information content (AvgIpc) is 3.09. The molecule has 5 heteroatoms. The van der Waals surface area contributed by atoms with Crippen molar-refractivity contribution in [3.8, 4) is 0 Å². The second kappa shape index (κ2) is 4.29. The number of rotatable bonds is 3. The molecule has 5 nitrogen and oxygen atoms in total. The molecule has 1 saturated heterocycles. The van der Waals surface area contributed by atoms with Crippen LogP contribution in [0, 0.1) is 11.3 Å². The number of hydrogen-bond donors (Lipinski definition) is 2. The van der Waals surface area contributed by atoms with Gasteiger partial charge >= 0.3 is 5.97 Å². The van der Waals surface area contributed by atoms with E-state index in [1.807, 2.05) is 6.92 Å². The molecule has 2 aliphatic rings. The van der Waals surface area contributed by atoms with Gasteiger partial charge < -0.3 is 15.7 Å². The van der Waals surface area contributed by atoms with Crippen molar-refractivity contribution < 1.29 is 14.7 Å². The van der Waals surface area contributed by atoms with Crippen LogP contribution in [0.25, 0.3) is 0 Å². The van der Waals surface area contributed by atoms with Crippen molar-refractivity contribution in [2.24, 2.45) is 17.1 Å². The van der Waals surface area contributed by atoms with Crippen LogP contribution < -0.4 is 5.73 Å². The highest BCUT2D eigenvalue weighted by Crippen LogP contribution is 2.47. The lowest BCUT2D eigenvalue weighted by Gasteiger charge is -2.38. The van der Waals surface area contributed by atoms with Crippen molar-refractivity contribution in [1.82, 2.24) is 4.90 Å². The maximum absolute atomic E-state index is 12.3. The summed E-state index contributed by atoms with van der Waals surface area (Å²) >= 11 is 0.